The highest BCUT2D eigenvalue weighted by Crippen LogP contribution is 2.42. The first-order valence-electron chi connectivity index (χ1n) is 13.6. The summed E-state index contributed by atoms with van der Waals surface area (Å²) in [6, 6.07) is 4.77. The molecule has 1 aliphatic heterocycles. The smallest absolute Gasteiger partial charge is 0.410 e. The van der Waals surface area contributed by atoms with Crippen molar-refractivity contribution in [2.24, 2.45) is 11.8 Å². The molecule has 0 aromatic heterocycles. The van der Waals surface area contributed by atoms with Crippen LogP contribution in [0, 0.1) is 17.7 Å². The number of methoxy groups -OCH3 is 1. The third kappa shape index (κ3) is 7.80. The van der Waals surface area contributed by atoms with Crippen LogP contribution in [0.15, 0.2) is 18.2 Å². The number of nitrogens with one attached hydrogen (secondary N) is 1. The molecule has 1 saturated heterocycles. The molecule has 1 amide bonds. The molecule has 1 saturated carbocycles. The molecule has 2 aliphatic rings. The molecular weight excluding hydrogens is 483 g/mol. The molecule has 1 aromatic rings. The lowest BCUT2D eigenvalue weighted by Crippen LogP contribution is -2.49. The molecule has 2 N–H and O–H groups in total. The van der Waals surface area contributed by atoms with Crippen molar-refractivity contribution in [3.05, 3.63) is 34.6 Å². The van der Waals surface area contributed by atoms with Gasteiger partial charge >= 0.3 is 6.09 Å². The minimum atomic E-state index is -1.44. The minimum Gasteiger partial charge on any atom is -0.445 e. The van der Waals surface area contributed by atoms with Gasteiger partial charge in [-0.15, -0.1) is 0 Å². The Morgan fingerprint density at radius 1 is 1.25 bits per heavy atom. The predicted octanol–water partition coefficient (Wildman–Crippen LogP) is 5.89. The molecule has 1 aliphatic carbocycles. The van der Waals surface area contributed by atoms with Crippen LogP contribution in [0.1, 0.15) is 76.2 Å². The van der Waals surface area contributed by atoms with Crippen molar-refractivity contribution >= 4 is 17.7 Å². The second kappa shape index (κ2) is 14.5. The summed E-state index contributed by atoms with van der Waals surface area (Å²) in [6.07, 6.45) is 9.76. The van der Waals surface area contributed by atoms with E-state index >= 15 is 4.39 Å². The number of piperidine rings is 1. The quantitative estimate of drug-likeness (QED) is 0.332. The topological polar surface area (TPSA) is 71.0 Å². The van der Waals surface area contributed by atoms with Crippen LogP contribution in [-0.2, 0) is 15.1 Å². The first-order chi connectivity index (χ1) is 17.4. The zero-order valence-electron chi connectivity index (χ0n) is 21.9. The highest BCUT2D eigenvalue weighted by atomic mass is 35.5. The summed E-state index contributed by atoms with van der Waals surface area (Å²) in [5.41, 5.74) is -1.23. The number of likely N-dealkylation sites (tertiary alicyclic amines) is 1. The van der Waals surface area contributed by atoms with E-state index in [9.17, 15) is 9.90 Å². The molecule has 6 nitrogen and oxygen atoms in total. The summed E-state index contributed by atoms with van der Waals surface area (Å²) in [4.78, 5) is 14.9. The van der Waals surface area contributed by atoms with Gasteiger partial charge in [-0.25, -0.2) is 9.18 Å². The van der Waals surface area contributed by atoms with Crippen LogP contribution >= 0.6 is 11.6 Å². The van der Waals surface area contributed by atoms with Crippen molar-refractivity contribution in [1.29, 1.82) is 0 Å². The average Bonchev–Trinajstić information content (AvgIpc) is 2.89. The van der Waals surface area contributed by atoms with Gasteiger partial charge in [-0.2, -0.15) is 0 Å². The largest absolute Gasteiger partial charge is 0.445 e. The lowest BCUT2D eigenvalue weighted by molar-refractivity contribution is -0.0643. The van der Waals surface area contributed by atoms with Crippen LogP contribution in [0.3, 0.4) is 0 Å². The number of hydrogen-bond acceptors (Lipinski definition) is 5. The molecule has 0 bridgehead atoms. The van der Waals surface area contributed by atoms with Crippen molar-refractivity contribution in [3.63, 3.8) is 0 Å². The van der Waals surface area contributed by atoms with Crippen molar-refractivity contribution in [2.75, 3.05) is 40.4 Å². The van der Waals surface area contributed by atoms with Gasteiger partial charge in [0.15, 0.2) is 0 Å². The van der Waals surface area contributed by atoms with E-state index in [1.165, 1.54) is 38.2 Å². The third-order valence-corrected chi connectivity index (χ3v) is 8.24. The Kier molecular flexibility index (Phi) is 11.7. The van der Waals surface area contributed by atoms with Crippen LogP contribution in [0.25, 0.3) is 0 Å². The Labute approximate surface area is 220 Å². The Morgan fingerprint density at radius 3 is 2.75 bits per heavy atom. The van der Waals surface area contributed by atoms with Gasteiger partial charge in [-0.3, -0.25) is 0 Å². The SMILES string of the molecule is CNC[C@H](CC1CCCCC1)OC(=O)N1CCCC([C@@](O)(CCCCOC)c2cccc(Cl)c2F)C1. The first-order valence-corrected chi connectivity index (χ1v) is 14.0. The number of amides is 1. The van der Waals surface area contributed by atoms with Crippen LogP contribution in [-0.4, -0.2) is 62.6 Å². The number of hydrogen-bond donors (Lipinski definition) is 2. The minimum absolute atomic E-state index is 0.00693. The summed E-state index contributed by atoms with van der Waals surface area (Å²) in [5.74, 6) is -0.313. The molecule has 36 heavy (non-hydrogen) atoms. The molecule has 2 fully saturated rings. The number of ether oxygens (including phenoxy) is 2. The van der Waals surface area contributed by atoms with Crippen molar-refractivity contribution < 1.29 is 23.8 Å². The van der Waals surface area contributed by atoms with Gasteiger partial charge in [-0.1, -0.05) is 55.8 Å². The van der Waals surface area contributed by atoms with Crippen molar-refractivity contribution in [3.8, 4) is 0 Å². The number of unbranched alkanes of at least 4 members (excludes halogenated alkanes) is 1. The van der Waals surface area contributed by atoms with Crippen LogP contribution < -0.4 is 5.32 Å². The van der Waals surface area contributed by atoms with E-state index in [1.54, 1.807) is 24.1 Å². The molecule has 1 heterocycles. The average molecular weight is 527 g/mol. The van der Waals surface area contributed by atoms with Gasteiger partial charge < -0.3 is 24.8 Å². The van der Waals surface area contributed by atoms with Crippen LogP contribution in [0.5, 0.6) is 0 Å². The first kappa shape index (κ1) is 29.2. The monoisotopic (exact) mass is 526 g/mol. The second-order valence-corrected chi connectivity index (χ2v) is 11.0. The predicted molar refractivity (Wildman–Crippen MR) is 141 cm³/mol. The third-order valence-electron chi connectivity index (χ3n) is 7.95. The second-order valence-electron chi connectivity index (χ2n) is 10.6. The molecule has 1 unspecified atom stereocenters. The van der Waals surface area contributed by atoms with E-state index in [4.69, 9.17) is 21.1 Å². The Hall–Kier alpha value is -1.41. The number of likely N-dealkylation sites (N-methyl/N-ethyl adjacent to an activating group) is 1. The van der Waals surface area contributed by atoms with Crippen LogP contribution in [0.2, 0.25) is 5.02 Å². The van der Waals surface area contributed by atoms with Gasteiger partial charge in [-0.05, 0) is 57.6 Å². The van der Waals surface area contributed by atoms with E-state index in [-0.39, 0.29) is 28.7 Å². The summed E-state index contributed by atoms with van der Waals surface area (Å²) in [5, 5.41) is 15.1. The fourth-order valence-electron chi connectivity index (χ4n) is 5.98. The maximum atomic E-state index is 15.1. The molecule has 1 aromatic carbocycles. The number of benzene rings is 1. The number of aliphatic hydroxyl groups is 1. The van der Waals surface area contributed by atoms with Gasteiger partial charge in [0, 0.05) is 44.8 Å². The maximum absolute atomic E-state index is 15.1. The standard InChI is InChI=1S/C28H44ClFN2O4/c1-31-19-23(18-21-10-4-3-5-11-21)36-27(33)32-16-9-12-22(20-32)28(34,15-6-7-17-35-2)24-13-8-14-25(29)26(24)30/h8,13-14,21-23,31,34H,3-7,9-12,15-20H2,1-2H3/t22?,23-,28-/m0/s1. The fraction of sp³-hybridized carbons (Fsp3) is 0.750. The molecule has 3 rings (SSSR count). The Morgan fingerprint density at radius 2 is 2.03 bits per heavy atom. The number of nitrogens with zero attached hydrogens (tertiary/aromatic N) is 1. The number of halogens is 2. The van der Waals surface area contributed by atoms with Crippen molar-refractivity contribution in [2.45, 2.75) is 82.3 Å². The highest BCUT2D eigenvalue weighted by Gasteiger charge is 2.43. The normalized spacial score (nSPS) is 21.7. The number of carbonyl (C=O) groups excluding carboxylic acids is 1. The molecule has 3 atom stereocenters. The molecule has 0 radical (unpaired) electrons. The van der Waals surface area contributed by atoms with E-state index in [0.717, 1.165) is 19.3 Å². The lowest BCUT2D eigenvalue weighted by atomic mass is 9.74. The molecule has 204 valence electrons. The highest BCUT2D eigenvalue weighted by molar-refractivity contribution is 6.30. The summed E-state index contributed by atoms with van der Waals surface area (Å²) in [7, 11) is 3.52. The fourth-order valence-corrected chi connectivity index (χ4v) is 6.16. The van der Waals surface area contributed by atoms with E-state index in [0.29, 0.717) is 51.4 Å². The van der Waals surface area contributed by atoms with E-state index in [1.807, 2.05) is 7.05 Å². The summed E-state index contributed by atoms with van der Waals surface area (Å²) < 4.78 is 26.3. The number of carbonyl (C=O) groups is 1. The Bertz CT molecular complexity index is 823. The van der Waals surface area contributed by atoms with E-state index in [2.05, 4.69) is 5.32 Å². The van der Waals surface area contributed by atoms with E-state index < -0.39 is 11.4 Å². The summed E-state index contributed by atoms with van der Waals surface area (Å²) >= 11 is 6.09. The van der Waals surface area contributed by atoms with Gasteiger partial charge in [0.05, 0.1) is 10.6 Å². The van der Waals surface area contributed by atoms with Crippen LogP contribution in [0.4, 0.5) is 9.18 Å². The maximum Gasteiger partial charge on any atom is 0.410 e. The zero-order chi connectivity index (χ0) is 26.0. The van der Waals surface area contributed by atoms with Gasteiger partial charge in [0.2, 0.25) is 0 Å². The Balaban J connectivity index is 1.72. The molecule has 0 spiro atoms. The van der Waals surface area contributed by atoms with Crippen molar-refractivity contribution in [1.82, 2.24) is 10.2 Å². The summed E-state index contributed by atoms with van der Waals surface area (Å²) in [6.45, 7) is 2.09. The number of rotatable bonds is 12. The lowest BCUT2D eigenvalue weighted by Gasteiger charge is -2.43. The van der Waals surface area contributed by atoms with Gasteiger partial charge in [0.1, 0.15) is 11.9 Å². The molecular formula is C28H44ClFN2O4. The zero-order valence-corrected chi connectivity index (χ0v) is 22.7. The molecule has 8 heteroatoms. The van der Waals surface area contributed by atoms with Gasteiger partial charge in [0.25, 0.3) is 0 Å².